The first-order chi connectivity index (χ1) is 8.97. The molecule has 19 heavy (non-hydrogen) atoms. The van der Waals surface area contributed by atoms with Gasteiger partial charge in [-0.1, -0.05) is 0 Å². The van der Waals surface area contributed by atoms with Crippen LogP contribution in [0.25, 0.3) is 0 Å². The van der Waals surface area contributed by atoms with Crippen LogP contribution >= 0.6 is 15.9 Å². The third-order valence-electron chi connectivity index (χ3n) is 2.82. The van der Waals surface area contributed by atoms with Crippen molar-refractivity contribution in [2.24, 2.45) is 0 Å². The highest BCUT2D eigenvalue weighted by Gasteiger charge is 2.08. The van der Waals surface area contributed by atoms with E-state index >= 15 is 0 Å². The summed E-state index contributed by atoms with van der Waals surface area (Å²) in [7, 11) is 0. The van der Waals surface area contributed by atoms with E-state index in [1.807, 2.05) is 19.9 Å². The molecule has 0 aliphatic rings. The molecule has 4 nitrogen and oxygen atoms in total. The highest BCUT2D eigenvalue weighted by Crippen LogP contribution is 2.18. The van der Waals surface area contributed by atoms with E-state index in [1.165, 1.54) is 0 Å². The van der Waals surface area contributed by atoms with Crippen LogP contribution in [-0.4, -0.2) is 10.9 Å². The number of nitrogens with one attached hydrogen (secondary N) is 1. The van der Waals surface area contributed by atoms with Crippen LogP contribution in [0.15, 0.2) is 34.9 Å². The van der Waals surface area contributed by atoms with E-state index in [9.17, 15) is 4.79 Å². The van der Waals surface area contributed by atoms with E-state index in [0.717, 1.165) is 15.6 Å². The molecule has 98 valence electrons. The monoisotopic (exact) mass is 319 g/mol. The minimum atomic E-state index is -0.197. The van der Waals surface area contributed by atoms with Gasteiger partial charge < -0.3 is 11.1 Å². The number of nitrogens with zero attached hydrogens (tertiary/aromatic N) is 1. The topological polar surface area (TPSA) is 68.0 Å². The van der Waals surface area contributed by atoms with E-state index < -0.39 is 0 Å². The normalized spacial score (nSPS) is 10.3. The molecule has 0 aliphatic heterocycles. The Bertz CT molecular complexity index is 641. The first-order valence-corrected chi connectivity index (χ1v) is 6.56. The molecule has 0 bridgehead atoms. The highest BCUT2D eigenvalue weighted by atomic mass is 79.9. The summed E-state index contributed by atoms with van der Waals surface area (Å²) in [6, 6.07) is 7.00. The maximum absolute atomic E-state index is 12.1. The summed E-state index contributed by atoms with van der Waals surface area (Å²) >= 11 is 3.37. The third-order valence-corrected chi connectivity index (χ3v) is 3.65. The van der Waals surface area contributed by atoms with Crippen molar-refractivity contribution in [1.29, 1.82) is 0 Å². The maximum atomic E-state index is 12.1. The molecule has 0 unspecified atom stereocenters. The van der Waals surface area contributed by atoms with Crippen molar-refractivity contribution in [3.05, 3.63) is 51.6 Å². The Morgan fingerprint density at radius 3 is 2.63 bits per heavy atom. The zero-order valence-corrected chi connectivity index (χ0v) is 12.3. The van der Waals surface area contributed by atoms with Gasteiger partial charge in [0.25, 0.3) is 5.91 Å². The number of carbonyl (C=O) groups excluding carboxylic acids is 1. The standard InChI is InChI=1S/C14H14BrN3O/c1-8-6-13(17-7-11(8)15)18-14(19)10-3-4-12(16)9(2)5-10/h3-7H,16H2,1-2H3,(H,17,18,19). The molecule has 5 heteroatoms. The lowest BCUT2D eigenvalue weighted by Gasteiger charge is -2.07. The van der Waals surface area contributed by atoms with Gasteiger partial charge in [0, 0.05) is 21.9 Å². The third kappa shape index (κ3) is 3.12. The molecular weight excluding hydrogens is 306 g/mol. The van der Waals surface area contributed by atoms with Gasteiger partial charge in [0.15, 0.2) is 0 Å². The van der Waals surface area contributed by atoms with Crippen molar-refractivity contribution < 1.29 is 4.79 Å². The molecule has 2 rings (SSSR count). The first-order valence-electron chi connectivity index (χ1n) is 5.77. The Hall–Kier alpha value is -1.88. The van der Waals surface area contributed by atoms with Crippen LogP contribution in [0, 0.1) is 13.8 Å². The summed E-state index contributed by atoms with van der Waals surface area (Å²) < 4.78 is 0.911. The van der Waals surface area contributed by atoms with Gasteiger partial charge in [-0.2, -0.15) is 0 Å². The van der Waals surface area contributed by atoms with Gasteiger partial charge in [-0.15, -0.1) is 0 Å². The predicted octanol–water partition coefficient (Wildman–Crippen LogP) is 3.30. The Morgan fingerprint density at radius 2 is 2.00 bits per heavy atom. The zero-order valence-electron chi connectivity index (χ0n) is 10.7. The zero-order chi connectivity index (χ0) is 14.0. The molecule has 0 radical (unpaired) electrons. The van der Waals surface area contributed by atoms with Crippen LogP contribution in [0.1, 0.15) is 21.5 Å². The van der Waals surface area contributed by atoms with Crippen molar-refractivity contribution in [2.75, 3.05) is 11.1 Å². The number of anilines is 2. The van der Waals surface area contributed by atoms with Gasteiger partial charge in [0.05, 0.1) is 0 Å². The number of carbonyl (C=O) groups is 1. The van der Waals surface area contributed by atoms with Gasteiger partial charge in [0.1, 0.15) is 5.82 Å². The van der Waals surface area contributed by atoms with Crippen molar-refractivity contribution in [3.8, 4) is 0 Å². The molecule has 0 fully saturated rings. The fraction of sp³-hybridized carbons (Fsp3) is 0.143. The number of pyridine rings is 1. The number of rotatable bonds is 2. The summed E-state index contributed by atoms with van der Waals surface area (Å²) in [6.45, 7) is 3.81. The first kappa shape index (κ1) is 13.5. The molecule has 0 atom stereocenters. The number of nitrogens with two attached hydrogens (primary N) is 1. The summed E-state index contributed by atoms with van der Waals surface area (Å²) in [5.74, 6) is 0.331. The molecule has 1 heterocycles. The number of hydrogen-bond donors (Lipinski definition) is 2. The van der Waals surface area contributed by atoms with Crippen LogP contribution in [-0.2, 0) is 0 Å². The van der Waals surface area contributed by atoms with Crippen molar-refractivity contribution >= 4 is 33.3 Å². The Morgan fingerprint density at radius 1 is 1.26 bits per heavy atom. The second-order valence-electron chi connectivity index (χ2n) is 4.34. The number of hydrogen-bond acceptors (Lipinski definition) is 3. The number of aryl methyl sites for hydroxylation is 2. The Kier molecular flexibility index (Phi) is 3.85. The maximum Gasteiger partial charge on any atom is 0.256 e. The molecule has 0 aliphatic carbocycles. The van der Waals surface area contributed by atoms with E-state index in [-0.39, 0.29) is 5.91 Å². The molecule has 0 saturated heterocycles. The summed E-state index contributed by atoms with van der Waals surface area (Å²) in [5, 5.41) is 2.76. The van der Waals surface area contributed by atoms with E-state index in [2.05, 4.69) is 26.2 Å². The number of nitrogen functional groups attached to an aromatic ring is 1. The lowest BCUT2D eigenvalue weighted by atomic mass is 10.1. The number of halogens is 1. The van der Waals surface area contributed by atoms with Gasteiger partial charge in [0.2, 0.25) is 0 Å². The van der Waals surface area contributed by atoms with E-state index in [4.69, 9.17) is 5.73 Å². The summed E-state index contributed by atoms with van der Waals surface area (Å²) in [5.41, 5.74) is 8.86. The van der Waals surface area contributed by atoms with Gasteiger partial charge in [-0.05, 0) is 65.2 Å². The average Bonchev–Trinajstić information content (AvgIpc) is 2.37. The molecular formula is C14H14BrN3O. The van der Waals surface area contributed by atoms with Gasteiger partial charge in [-0.3, -0.25) is 4.79 Å². The Balaban J connectivity index is 2.20. The summed E-state index contributed by atoms with van der Waals surface area (Å²) in [4.78, 5) is 16.2. The highest BCUT2D eigenvalue weighted by molar-refractivity contribution is 9.10. The second kappa shape index (κ2) is 5.40. The Labute approximate surface area is 120 Å². The molecule has 3 N–H and O–H groups in total. The minimum Gasteiger partial charge on any atom is -0.399 e. The van der Waals surface area contributed by atoms with Crippen LogP contribution in [0.3, 0.4) is 0 Å². The number of benzene rings is 1. The van der Waals surface area contributed by atoms with Crippen LogP contribution in [0.5, 0.6) is 0 Å². The molecule has 0 saturated carbocycles. The molecule has 0 spiro atoms. The quantitative estimate of drug-likeness (QED) is 0.834. The molecule has 1 aromatic carbocycles. The number of amides is 1. The van der Waals surface area contributed by atoms with Crippen LogP contribution < -0.4 is 11.1 Å². The molecule has 2 aromatic rings. The lowest BCUT2D eigenvalue weighted by molar-refractivity contribution is 0.102. The fourth-order valence-electron chi connectivity index (χ4n) is 1.61. The summed E-state index contributed by atoms with van der Waals surface area (Å²) in [6.07, 6.45) is 1.67. The smallest absolute Gasteiger partial charge is 0.256 e. The molecule has 1 aromatic heterocycles. The predicted molar refractivity (Wildman–Crippen MR) is 80.2 cm³/mol. The largest absolute Gasteiger partial charge is 0.399 e. The van der Waals surface area contributed by atoms with E-state index in [1.54, 1.807) is 24.4 Å². The van der Waals surface area contributed by atoms with Gasteiger partial charge >= 0.3 is 0 Å². The van der Waals surface area contributed by atoms with E-state index in [0.29, 0.717) is 17.1 Å². The fourth-order valence-corrected chi connectivity index (χ4v) is 1.83. The molecule has 1 amide bonds. The van der Waals surface area contributed by atoms with Crippen molar-refractivity contribution in [1.82, 2.24) is 4.98 Å². The van der Waals surface area contributed by atoms with Gasteiger partial charge in [-0.25, -0.2) is 4.98 Å². The second-order valence-corrected chi connectivity index (χ2v) is 5.20. The lowest BCUT2D eigenvalue weighted by Crippen LogP contribution is -2.13. The SMILES string of the molecule is Cc1cc(C(=O)Nc2cc(C)c(Br)cn2)ccc1N. The van der Waals surface area contributed by atoms with Crippen molar-refractivity contribution in [3.63, 3.8) is 0 Å². The van der Waals surface area contributed by atoms with Crippen LogP contribution in [0.4, 0.5) is 11.5 Å². The minimum absolute atomic E-state index is 0.197. The average molecular weight is 320 g/mol. The number of aromatic nitrogens is 1. The van der Waals surface area contributed by atoms with Crippen LogP contribution in [0.2, 0.25) is 0 Å². The van der Waals surface area contributed by atoms with Crippen molar-refractivity contribution in [2.45, 2.75) is 13.8 Å².